The van der Waals surface area contributed by atoms with Crippen LogP contribution in [0.2, 0.25) is 0 Å². The van der Waals surface area contributed by atoms with Crippen LogP contribution in [0.3, 0.4) is 0 Å². The Morgan fingerprint density at radius 1 is 0.680 bits per heavy atom. The molecular weight excluding hydrogens is 308 g/mol. The largest absolute Gasteiger partial charge is 0.256 e. The van der Waals surface area contributed by atoms with Crippen LogP contribution in [0.4, 0.5) is 0 Å². The molecule has 0 N–H and O–H groups in total. The number of benzene rings is 2. The summed E-state index contributed by atoms with van der Waals surface area (Å²) in [5, 5.41) is 0. The highest BCUT2D eigenvalue weighted by molar-refractivity contribution is 5.72. The Labute approximate surface area is 148 Å². The molecule has 2 aromatic carbocycles. The maximum absolute atomic E-state index is 2.33. The van der Waals surface area contributed by atoms with Gasteiger partial charge in [-0.1, -0.05) is 24.3 Å². The van der Waals surface area contributed by atoms with Crippen molar-refractivity contribution >= 4 is 22.1 Å². The predicted octanol–water partition coefficient (Wildman–Crippen LogP) is 2.49. The highest BCUT2D eigenvalue weighted by Crippen LogP contribution is 2.16. The maximum atomic E-state index is 2.33. The highest BCUT2D eigenvalue weighted by atomic mass is 15.1. The van der Waals surface area contributed by atoms with Crippen LogP contribution in [-0.2, 0) is 41.0 Å². The van der Waals surface area contributed by atoms with Crippen LogP contribution >= 0.6 is 0 Å². The van der Waals surface area contributed by atoms with Gasteiger partial charge in [-0.15, -0.1) is 0 Å². The van der Waals surface area contributed by atoms with E-state index in [-0.39, 0.29) is 0 Å². The van der Waals surface area contributed by atoms with Crippen molar-refractivity contribution in [2.75, 3.05) is 0 Å². The minimum atomic E-state index is 1.07. The number of fused-ring (bicyclic) bond motifs is 2. The lowest BCUT2D eigenvalue weighted by Crippen LogP contribution is -2.34. The molecule has 0 radical (unpaired) electrons. The van der Waals surface area contributed by atoms with E-state index in [9.17, 15) is 0 Å². The summed E-state index contributed by atoms with van der Waals surface area (Å²) in [6.07, 6.45) is 3.28. The fraction of sp³-hybridized carbons (Fsp3) is 0.333. The van der Waals surface area contributed by atoms with E-state index in [1.807, 2.05) is 0 Å². The third-order valence-electron chi connectivity index (χ3n) is 5.56. The first-order valence-electron chi connectivity index (χ1n) is 8.94. The molecule has 0 saturated heterocycles. The highest BCUT2D eigenvalue weighted by Gasteiger charge is 2.22. The Kier molecular flexibility index (Phi) is 3.83. The molecule has 0 spiro atoms. The quantitative estimate of drug-likeness (QED) is 0.510. The van der Waals surface area contributed by atoms with Crippen LogP contribution in [0, 0.1) is 0 Å². The molecule has 4 nitrogen and oxygen atoms in total. The molecule has 0 fully saturated rings. The number of hydrogen-bond acceptors (Lipinski definition) is 0. The van der Waals surface area contributed by atoms with Crippen molar-refractivity contribution in [3.63, 3.8) is 0 Å². The summed E-state index contributed by atoms with van der Waals surface area (Å²) in [6, 6.07) is 17.2. The Balaban J connectivity index is 1.60. The zero-order valence-corrected chi connectivity index (χ0v) is 15.5. The first-order chi connectivity index (χ1) is 12.1. The first-order valence-corrected chi connectivity index (χ1v) is 8.94. The van der Waals surface area contributed by atoms with E-state index in [2.05, 4.69) is 95.0 Å². The van der Waals surface area contributed by atoms with Gasteiger partial charge in [-0.25, -0.2) is 18.3 Å². The molecular formula is C21H26N4+2. The normalized spacial score (nSPS) is 11.7. The standard InChI is InChI=1S/C21H26N4/c1-22-16-10-5-6-11-17(16)23(2)20(22)14-9-15-21-24(3)18-12-7-8-13-19(18)25(21)4/h5-8,10-13H,9,14-15H2,1-4H3/q+2. The molecule has 4 heteroatoms. The molecule has 4 rings (SSSR count). The van der Waals surface area contributed by atoms with Crippen LogP contribution in [-0.4, -0.2) is 9.13 Å². The topological polar surface area (TPSA) is 17.6 Å². The van der Waals surface area contributed by atoms with Gasteiger partial charge in [0.2, 0.25) is 0 Å². The smallest absolute Gasteiger partial charge is 0.230 e. The van der Waals surface area contributed by atoms with Crippen molar-refractivity contribution in [1.82, 2.24) is 9.13 Å². The van der Waals surface area contributed by atoms with Gasteiger partial charge in [0.15, 0.2) is 22.1 Å². The van der Waals surface area contributed by atoms with Crippen molar-refractivity contribution in [2.45, 2.75) is 19.3 Å². The molecule has 0 aliphatic carbocycles. The Morgan fingerprint density at radius 2 is 1.08 bits per heavy atom. The van der Waals surface area contributed by atoms with Crippen LogP contribution in [0.5, 0.6) is 0 Å². The molecule has 0 atom stereocenters. The number of imidazole rings is 2. The van der Waals surface area contributed by atoms with Crippen molar-refractivity contribution < 1.29 is 9.13 Å². The Hall–Kier alpha value is -2.62. The van der Waals surface area contributed by atoms with Crippen molar-refractivity contribution in [1.29, 1.82) is 0 Å². The molecule has 0 amide bonds. The monoisotopic (exact) mass is 334 g/mol. The molecule has 25 heavy (non-hydrogen) atoms. The summed E-state index contributed by atoms with van der Waals surface area (Å²) in [7, 11) is 8.70. The molecule has 0 saturated carbocycles. The molecule has 2 aromatic heterocycles. The zero-order valence-electron chi connectivity index (χ0n) is 15.5. The SMILES string of the molecule is Cn1c(CCCc2n(C)c3ccccc3[n+]2C)[n+](C)c2ccccc21. The second kappa shape index (κ2) is 6.03. The van der Waals surface area contributed by atoms with Crippen LogP contribution in [0.1, 0.15) is 18.1 Å². The van der Waals surface area contributed by atoms with E-state index < -0.39 is 0 Å². The molecule has 4 aromatic rings. The van der Waals surface area contributed by atoms with Gasteiger partial charge in [-0.05, 0) is 30.7 Å². The summed E-state index contributed by atoms with van der Waals surface area (Å²) < 4.78 is 9.32. The number of para-hydroxylation sites is 4. The van der Waals surface area contributed by atoms with Crippen molar-refractivity contribution in [3.8, 4) is 0 Å². The Morgan fingerprint density at radius 3 is 1.48 bits per heavy atom. The second-order valence-electron chi connectivity index (χ2n) is 6.90. The number of aryl methyl sites for hydroxylation is 4. The summed E-state index contributed by atoms with van der Waals surface area (Å²) in [5.41, 5.74) is 5.20. The first kappa shape index (κ1) is 15.9. The summed E-state index contributed by atoms with van der Waals surface area (Å²) in [6.45, 7) is 0. The summed E-state index contributed by atoms with van der Waals surface area (Å²) >= 11 is 0. The van der Waals surface area contributed by atoms with Gasteiger partial charge in [0.1, 0.15) is 0 Å². The van der Waals surface area contributed by atoms with Crippen LogP contribution < -0.4 is 9.13 Å². The van der Waals surface area contributed by atoms with E-state index in [1.165, 1.54) is 33.7 Å². The van der Waals surface area contributed by atoms with Gasteiger partial charge >= 0.3 is 0 Å². The molecule has 0 unspecified atom stereocenters. The Bertz CT molecular complexity index is 905. The maximum Gasteiger partial charge on any atom is 0.256 e. The van der Waals surface area contributed by atoms with Gasteiger partial charge in [-0.3, -0.25) is 0 Å². The summed E-state index contributed by atoms with van der Waals surface area (Å²) in [4.78, 5) is 0. The van der Waals surface area contributed by atoms with E-state index in [1.54, 1.807) is 0 Å². The fourth-order valence-electron chi connectivity index (χ4n) is 4.14. The molecule has 2 heterocycles. The summed E-state index contributed by atoms with van der Waals surface area (Å²) in [5.74, 6) is 2.75. The molecule has 0 aliphatic heterocycles. The van der Waals surface area contributed by atoms with Gasteiger partial charge in [-0.2, -0.15) is 0 Å². The number of nitrogens with zero attached hydrogens (tertiary/aromatic N) is 4. The van der Waals surface area contributed by atoms with Gasteiger partial charge < -0.3 is 0 Å². The third kappa shape index (κ3) is 2.44. The lowest BCUT2D eigenvalue weighted by Gasteiger charge is -2.00. The fourth-order valence-corrected chi connectivity index (χ4v) is 4.14. The lowest BCUT2D eigenvalue weighted by atomic mass is 10.2. The van der Waals surface area contributed by atoms with Crippen LogP contribution in [0.25, 0.3) is 22.1 Å². The van der Waals surface area contributed by atoms with Crippen molar-refractivity contribution in [3.05, 3.63) is 60.2 Å². The lowest BCUT2D eigenvalue weighted by molar-refractivity contribution is -0.655. The molecule has 0 bridgehead atoms. The second-order valence-corrected chi connectivity index (χ2v) is 6.90. The van der Waals surface area contributed by atoms with E-state index in [4.69, 9.17) is 0 Å². The number of rotatable bonds is 4. The minimum absolute atomic E-state index is 1.07. The number of aromatic nitrogens is 4. The van der Waals surface area contributed by atoms with Gasteiger partial charge in [0.05, 0.1) is 28.2 Å². The molecule has 0 aliphatic rings. The molecule has 128 valence electrons. The van der Waals surface area contributed by atoms with E-state index in [0.29, 0.717) is 0 Å². The van der Waals surface area contributed by atoms with Gasteiger partial charge in [0.25, 0.3) is 11.6 Å². The van der Waals surface area contributed by atoms with Crippen molar-refractivity contribution in [2.24, 2.45) is 28.2 Å². The average molecular weight is 334 g/mol. The van der Waals surface area contributed by atoms with E-state index >= 15 is 0 Å². The average Bonchev–Trinajstić information content (AvgIpc) is 3.03. The zero-order chi connectivity index (χ0) is 17.6. The van der Waals surface area contributed by atoms with Crippen LogP contribution in [0.15, 0.2) is 48.5 Å². The third-order valence-corrected chi connectivity index (χ3v) is 5.56. The minimum Gasteiger partial charge on any atom is -0.230 e. The van der Waals surface area contributed by atoms with E-state index in [0.717, 1.165) is 19.3 Å². The van der Waals surface area contributed by atoms with Gasteiger partial charge in [0, 0.05) is 12.8 Å². The number of hydrogen-bond donors (Lipinski definition) is 0. The predicted molar refractivity (Wildman–Crippen MR) is 100 cm³/mol.